The Morgan fingerprint density at radius 3 is 2.79 bits per heavy atom. The fraction of sp³-hybridized carbons (Fsp3) is 0.533. The summed E-state index contributed by atoms with van der Waals surface area (Å²) < 4.78 is 25.9. The van der Waals surface area contributed by atoms with E-state index in [1.54, 1.807) is 22.0 Å². The van der Waals surface area contributed by atoms with Gasteiger partial charge in [-0.2, -0.15) is 5.10 Å². The Hall–Kier alpha value is -1.74. The lowest BCUT2D eigenvalue weighted by Gasteiger charge is -2.34. The first-order valence-electron chi connectivity index (χ1n) is 7.92. The SMILES string of the molecule is CCc1ncc(C(=O)N2CCS(=O)(=O)C[C@@H]2c2cnn(CC)c2)s1. The van der Waals surface area contributed by atoms with E-state index in [-0.39, 0.29) is 24.0 Å². The molecule has 1 amide bonds. The molecular weight excluding hydrogens is 348 g/mol. The number of aromatic nitrogens is 3. The first-order chi connectivity index (χ1) is 11.4. The molecule has 0 saturated carbocycles. The zero-order valence-corrected chi connectivity index (χ0v) is 15.3. The van der Waals surface area contributed by atoms with Gasteiger partial charge in [-0.15, -0.1) is 11.3 Å². The van der Waals surface area contributed by atoms with Crippen molar-refractivity contribution in [3.63, 3.8) is 0 Å². The van der Waals surface area contributed by atoms with E-state index in [4.69, 9.17) is 0 Å². The number of sulfone groups is 1. The molecule has 0 radical (unpaired) electrons. The number of rotatable bonds is 4. The van der Waals surface area contributed by atoms with Crippen molar-refractivity contribution in [3.8, 4) is 0 Å². The normalized spacial score (nSPS) is 20.2. The Kier molecular flexibility index (Phi) is 4.73. The summed E-state index contributed by atoms with van der Waals surface area (Å²) in [4.78, 5) is 19.3. The third-order valence-electron chi connectivity index (χ3n) is 4.12. The molecule has 1 fully saturated rings. The van der Waals surface area contributed by atoms with E-state index in [9.17, 15) is 13.2 Å². The van der Waals surface area contributed by atoms with Gasteiger partial charge in [0.25, 0.3) is 5.91 Å². The Morgan fingerprint density at radius 1 is 1.38 bits per heavy atom. The summed E-state index contributed by atoms with van der Waals surface area (Å²) in [7, 11) is -3.17. The van der Waals surface area contributed by atoms with Crippen molar-refractivity contribution in [2.75, 3.05) is 18.1 Å². The van der Waals surface area contributed by atoms with Crippen molar-refractivity contribution in [2.45, 2.75) is 32.9 Å². The maximum atomic E-state index is 12.9. The van der Waals surface area contributed by atoms with Crippen molar-refractivity contribution in [2.24, 2.45) is 0 Å². The van der Waals surface area contributed by atoms with Crippen molar-refractivity contribution in [1.29, 1.82) is 0 Å². The molecule has 3 heterocycles. The largest absolute Gasteiger partial charge is 0.329 e. The van der Waals surface area contributed by atoms with Gasteiger partial charge in [0.1, 0.15) is 4.88 Å². The third kappa shape index (κ3) is 3.36. The molecule has 9 heteroatoms. The van der Waals surface area contributed by atoms with E-state index in [0.29, 0.717) is 11.4 Å². The Morgan fingerprint density at radius 2 is 2.17 bits per heavy atom. The molecule has 1 aliphatic heterocycles. The zero-order chi connectivity index (χ0) is 17.3. The number of nitrogens with zero attached hydrogens (tertiary/aromatic N) is 4. The van der Waals surface area contributed by atoms with E-state index in [1.807, 2.05) is 20.0 Å². The summed E-state index contributed by atoms with van der Waals surface area (Å²) >= 11 is 1.37. The van der Waals surface area contributed by atoms with E-state index >= 15 is 0 Å². The van der Waals surface area contributed by atoms with Crippen LogP contribution in [0.2, 0.25) is 0 Å². The topological polar surface area (TPSA) is 85.2 Å². The minimum Gasteiger partial charge on any atom is -0.329 e. The molecule has 2 aromatic rings. The highest BCUT2D eigenvalue weighted by atomic mass is 32.2. The highest BCUT2D eigenvalue weighted by Gasteiger charge is 2.36. The molecule has 0 spiro atoms. The zero-order valence-electron chi connectivity index (χ0n) is 13.7. The number of hydrogen-bond acceptors (Lipinski definition) is 6. The van der Waals surface area contributed by atoms with Crippen molar-refractivity contribution in [1.82, 2.24) is 19.7 Å². The molecule has 130 valence electrons. The summed E-state index contributed by atoms with van der Waals surface area (Å²) in [5, 5.41) is 5.12. The molecule has 0 N–H and O–H groups in total. The van der Waals surface area contributed by atoms with Crippen LogP contribution in [0.4, 0.5) is 0 Å². The van der Waals surface area contributed by atoms with Gasteiger partial charge in [-0.3, -0.25) is 9.48 Å². The third-order valence-corrected chi connectivity index (χ3v) is 6.88. The van der Waals surface area contributed by atoms with Crippen molar-refractivity contribution in [3.05, 3.63) is 34.0 Å². The lowest BCUT2D eigenvalue weighted by Crippen LogP contribution is -2.45. The number of carbonyl (C=O) groups is 1. The summed E-state index contributed by atoms with van der Waals surface area (Å²) in [5.74, 6) is -0.221. The smallest absolute Gasteiger partial charge is 0.266 e. The molecule has 7 nitrogen and oxygen atoms in total. The number of aryl methyl sites for hydroxylation is 2. The second-order valence-electron chi connectivity index (χ2n) is 5.73. The fourth-order valence-electron chi connectivity index (χ4n) is 2.77. The van der Waals surface area contributed by atoms with Gasteiger partial charge in [-0.05, 0) is 13.3 Å². The van der Waals surface area contributed by atoms with Crippen LogP contribution in [0.3, 0.4) is 0 Å². The predicted molar refractivity (Wildman–Crippen MR) is 91.8 cm³/mol. The molecule has 1 saturated heterocycles. The molecule has 0 aliphatic carbocycles. The summed E-state index contributed by atoms with van der Waals surface area (Å²) in [6.07, 6.45) is 5.83. The van der Waals surface area contributed by atoms with Crippen molar-refractivity contribution >= 4 is 27.1 Å². The van der Waals surface area contributed by atoms with Crippen LogP contribution in [0.15, 0.2) is 18.6 Å². The van der Waals surface area contributed by atoms with Crippen molar-refractivity contribution < 1.29 is 13.2 Å². The maximum absolute atomic E-state index is 12.9. The second kappa shape index (κ2) is 6.64. The lowest BCUT2D eigenvalue weighted by molar-refractivity contribution is 0.0702. The van der Waals surface area contributed by atoms with Crippen LogP contribution in [0.5, 0.6) is 0 Å². The molecule has 1 atom stereocenters. The fourth-order valence-corrected chi connectivity index (χ4v) is 5.07. The summed E-state index contributed by atoms with van der Waals surface area (Å²) in [5.41, 5.74) is 0.758. The molecule has 0 aromatic carbocycles. The van der Waals surface area contributed by atoms with Gasteiger partial charge < -0.3 is 4.90 Å². The standard InChI is InChI=1S/C15H20N4O3S2/c1-3-14-16-8-13(23-14)15(20)19-5-6-24(21,22)10-12(19)11-7-17-18(4-2)9-11/h7-9,12H,3-6,10H2,1-2H3/t12-/m1/s1. The Balaban J connectivity index is 1.92. The average Bonchev–Trinajstić information content (AvgIpc) is 3.22. The van der Waals surface area contributed by atoms with E-state index in [0.717, 1.165) is 17.0 Å². The van der Waals surface area contributed by atoms with Crippen LogP contribution in [-0.2, 0) is 22.8 Å². The van der Waals surface area contributed by atoms with Gasteiger partial charge in [0, 0.05) is 24.8 Å². The second-order valence-corrected chi connectivity index (χ2v) is 9.07. The van der Waals surface area contributed by atoms with Gasteiger partial charge in [-0.1, -0.05) is 6.92 Å². The highest BCUT2D eigenvalue weighted by Crippen LogP contribution is 2.29. The number of hydrogen-bond donors (Lipinski definition) is 0. The monoisotopic (exact) mass is 368 g/mol. The summed E-state index contributed by atoms with van der Waals surface area (Å²) in [6.45, 7) is 4.84. The van der Waals surface area contributed by atoms with Crippen LogP contribution in [0, 0.1) is 0 Å². The van der Waals surface area contributed by atoms with Gasteiger partial charge in [0.2, 0.25) is 0 Å². The van der Waals surface area contributed by atoms with E-state index in [1.165, 1.54) is 11.3 Å². The molecule has 0 bridgehead atoms. The van der Waals surface area contributed by atoms with Gasteiger partial charge in [-0.25, -0.2) is 13.4 Å². The van der Waals surface area contributed by atoms with Crippen LogP contribution < -0.4 is 0 Å². The van der Waals surface area contributed by atoms with Crippen LogP contribution in [0.1, 0.15) is 40.1 Å². The predicted octanol–water partition coefficient (Wildman–Crippen LogP) is 1.53. The molecule has 24 heavy (non-hydrogen) atoms. The minimum absolute atomic E-state index is 0.00338. The molecular formula is C15H20N4O3S2. The molecule has 1 aliphatic rings. The maximum Gasteiger partial charge on any atom is 0.266 e. The first-order valence-corrected chi connectivity index (χ1v) is 10.6. The van der Waals surface area contributed by atoms with Gasteiger partial charge in [0.05, 0.1) is 34.9 Å². The summed E-state index contributed by atoms with van der Waals surface area (Å²) in [6, 6.07) is -0.497. The van der Waals surface area contributed by atoms with E-state index in [2.05, 4.69) is 10.1 Å². The number of thiazole rings is 1. The Bertz CT molecular complexity index is 841. The Labute approximate surface area is 145 Å². The number of amides is 1. The molecule has 2 aromatic heterocycles. The average molecular weight is 368 g/mol. The quantitative estimate of drug-likeness (QED) is 0.817. The molecule has 0 unspecified atom stereocenters. The van der Waals surface area contributed by atoms with Crippen LogP contribution >= 0.6 is 11.3 Å². The molecule has 3 rings (SSSR count). The first kappa shape index (κ1) is 17.1. The highest BCUT2D eigenvalue weighted by molar-refractivity contribution is 7.91. The van der Waals surface area contributed by atoms with Gasteiger partial charge >= 0.3 is 0 Å². The van der Waals surface area contributed by atoms with E-state index < -0.39 is 15.9 Å². The number of carbonyl (C=O) groups excluding carboxylic acids is 1. The van der Waals surface area contributed by atoms with Crippen LogP contribution in [0.25, 0.3) is 0 Å². The van der Waals surface area contributed by atoms with Crippen LogP contribution in [-0.4, -0.2) is 52.0 Å². The minimum atomic E-state index is -3.17. The lowest BCUT2D eigenvalue weighted by atomic mass is 10.1. The van der Waals surface area contributed by atoms with Gasteiger partial charge in [0.15, 0.2) is 9.84 Å².